The number of hydrogen-bond acceptors (Lipinski definition) is 2. The van der Waals surface area contributed by atoms with Gasteiger partial charge < -0.3 is 15.7 Å². The minimum absolute atomic E-state index is 0.140. The molecule has 0 aromatic heterocycles. The predicted octanol–water partition coefficient (Wildman–Crippen LogP) is 0.949. The molecule has 2 amide bonds. The van der Waals surface area contributed by atoms with E-state index < -0.39 is 6.09 Å². The number of amides is 2. The molecule has 1 unspecified atom stereocenters. The molecule has 0 saturated heterocycles. The average Bonchev–Trinajstić information content (AvgIpc) is 2.09. The van der Waals surface area contributed by atoms with Gasteiger partial charge >= 0.3 is 6.09 Å². The van der Waals surface area contributed by atoms with Gasteiger partial charge in [-0.1, -0.05) is 19.8 Å². The van der Waals surface area contributed by atoms with Crippen molar-refractivity contribution in [3.8, 4) is 0 Å². The van der Waals surface area contributed by atoms with Gasteiger partial charge in [-0.15, -0.1) is 0 Å². The number of carboxylic acid groups (broad SMARTS) is 1. The zero-order valence-corrected chi connectivity index (χ0v) is 8.67. The molecule has 0 fully saturated rings. The number of rotatable bonds is 6. The third kappa shape index (κ3) is 7.39. The number of hydrogen-bond donors (Lipinski definition) is 3. The van der Waals surface area contributed by atoms with Crippen molar-refractivity contribution in [1.82, 2.24) is 10.6 Å². The van der Waals surface area contributed by atoms with Crippen LogP contribution >= 0.6 is 0 Å². The monoisotopic (exact) mass is 202 g/mol. The van der Waals surface area contributed by atoms with Crippen LogP contribution in [-0.4, -0.2) is 29.7 Å². The van der Waals surface area contributed by atoms with E-state index in [4.69, 9.17) is 5.11 Å². The Kier molecular flexibility index (Phi) is 6.53. The Hall–Kier alpha value is -1.26. The van der Waals surface area contributed by atoms with Crippen molar-refractivity contribution in [2.45, 2.75) is 39.2 Å². The number of carbonyl (C=O) groups excluding carboxylic acids is 1. The molecule has 0 rings (SSSR count). The van der Waals surface area contributed by atoms with Crippen LogP contribution in [0, 0.1) is 0 Å². The van der Waals surface area contributed by atoms with E-state index in [-0.39, 0.29) is 11.9 Å². The van der Waals surface area contributed by atoms with Crippen molar-refractivity contribution in [2.24, 2.45) is 0 Å². The third-order valence-corrected chi connectivity index (χ3v) is 1.83. The maximum atomic E-state index is 10.6. The molecule has 0 spiro atoms. The molecule has 0 radical (unpaired) electrons. The maximum Gasteiger partial charge on any atom is 0.404 e. The van der Waals surface area contributed by atoms with E-state index in [1.54, 1.807) is 0 Å². The summed E-state index contributed by atoms with van der Waals surface area (Å²) >= 11 is 0. The minimum Gasteiger partial charge on any atom is -0.465 e. The molecular weight excluding hydrogens is 184 g/mol. The van der Waals surface area contributed by atoms with Crippen LogP contribution in [0.25, 0.3) is 0 Å². The summed E-state index contributed by atoms with van der Waals surface area (Å²) in [5, 5.41) is 13.5. The fourth-order valence-electron chi connectivity index (χ4n) is 1.12. The Morgan fingerprint density at radius 1 is 1.43 bits per heavy atom. The first-order valence-electron chi connectivity index (χ1n) is 4.80. The van der Waals surface area contributed by atoms with Crippen molar-refractivity contribution in [3.63, 3.8) is 0 Å². The molecule has 0 aliphatic heterocycles. The van der Waals surface area contributed by atoms with Crippen molar-refractivity contribution >= 4 is 12.0 Å². The van der Waals surface area contributed by atoms with E-state index in [0.717, 1.165) is 19.3 Å². The molecule has 5 heteroatoms. The average molecular weight is 202 g/mol. The van der Waals surface area contributed by atoms with Gasteiger partial charge in [-0.2, -0.15) is 0 Å². The minimum atomic E-state index is -1.04. The summed E-state index contributed by atoms with van der Waals surface area (Å²) in [7, 11) is 0. The van der Waals surface area contributed by atoms with Crippen LogP contribution in [0.2, 0.25) is 0 Å². The SMILES string of the molecule is CCCCC(CNC(C)=O)NC(=O)O. The van der Waals surface area contributed by atoms with Gasteiger partial charge in [0.05, 0.1) is 0 Å². The van der Waals surface area contributed by atoms with Gasteiger partial charge in [0.2, 0.25) is 5.91 Å². The Morgan fingerprint density at radius 2 is 2.07 bits per heavy atom. The topological polar surface area (TPSA) is 78.4 Å². The van der Waals surface area contributed by atoms with Crippen LogP contribution < -0.4 is 10.6 Å². The Labute approximate surface area is 83.9 Å². The lowest BCUT2D eigenvalue weighted by molar-refractivity contribution is -0.119. The van der Waals surface area contributed by atoms with Crippen molar-refractivity contribution in [3.05, 3.63) is 0 Å². The van der Waals surface area contributed by atoms with E-state index in [2.05, 4.69) is 10.6 Å². The molecule has 0 saturated carbocycles. The largest absolute Gasteiger partial charge is 0.465 e. The molecule has 0 aromatic rings. The smallest absolute Gasteiger partial charge is 0.404 e. The molecule has 1 atom stereocenters. The van der Waals surface area contributed by atoms with Crippen molar-refractivity contribution in [1.29, 1.82) is 0 Å². The summed E-state index contributed by atoms with van der Waals surface area (Å²) < 4.78 is 0. The van der Waals surface area contributed by atoms with Crippen LogP contribution in [-0.2, 0) is 4.79 Å². The van der Waals surface area contributed by atoms with Gasteiger partial charge in [0.25, 0.3) is 0 Å². The summed E-state index contributed by atoms with van der Waals surface area (Å²) in [6.07, 6.45) is 1.67. The van der Waals surface area contributed by atoms with Crippen LogP contribution in [0.4, 0.5) is 4.79 Å². The molecule has 0 heterocycles. The summed E-state index contributed by atoms with van der Waals surface area (Å²) in [5.41, 5.74) is 0. The molecule has 5 nitrogen and oxygen atoms in total. The number of carbonyl (C=O) groups is 2. The van der Waals surface area contributed by atoms with E-state index in [0.29, 0.717) is 6.54 Å². The maximum absolute atomic E-state index is 10.6. The molecule has 0 bridgehead atoms. The van der Waals surface area contributed by atoms with E-state index in [1.807, 2.05) is 6.92 Å². The van der Waals surface area contributed by atoms with E-state index >= 15 is 0 Å². The first-order chi connectivity index (χ1) is 6.56. The second-order valence-electron chi connectivity index (χ2n) is 3.23. The summed E-state index contributed by atoms with van der Waals surface area (Å²) in [6.45, 7) is 3.81. The van der Waals surface area contributed by atoms with E-state index in [1.165, 1.54) is 6.92 Å². The van der Waals surface area contributed by atoms with Gasteiger partial charge in [0, 0.05) is 19.5 Å². The predicted molar refractivity (Wildman–Crippen MR) is 53.2 cm³/mol. The lowest BCUT2D eigenvalue weighted by atomic mass is 10.1. The Balaban J connectivity index is 3.83. The zero-order valence-electron chi connectivity index (χ0n) is 8.67. The van der Waals surface area contributed by atoms with Crippen LogP contribution in [0.15, 0.2) is 0 Å². The van der Waals surface area contributed by atoms with Crippen molar-refractivity contribution < 1.29 is 14.7 Å². The van der Waals surface area contributed by atoms with Gasteiger partial charge in [-0.05, 0) is 6.42 Å². The number of unbranched alkanes of at least 4 members (excludes halogenated alkanes) is 1. The van der Waals surface area contributed by atoms with Crippen LogP contribution in [0.1, 0.15) is 33.1 Å². The van der Waals surface area contributed by atoms with Gasteiger partial charge in [0.15, 0.2) is 0 Å². The Morgan fingerprint density at radius 3 is 2.50 bits per heavy atom. The highest BCUT2D eigenvalue weighted by Gasteiger charge is 2.10. The third-order valence-electron chi connectivity index (χ3n) is 1.83. The fourth-order valence-corrected chi connectivity index (χ4v) is 1.12. The second kappa shape index (κ2) is 7.17. The molecule has 0 aliphatic rings. The Bertz CT molecular complexity index is 194. The highest BCUT2D eigenvalue weighted by atomic mass is 16.4. The highest BCUT2D eigenvalue weighted by Crippen LogP contribution is 1.99. The lowest BCUT2D eigenvalue weighted by Gasteiger charge is -2.16. The first kappa shape index (κ1) is 12.7. The number of nitrogens with one attached hydrogen (secondary N) is 2. The second-order valence-corrected chi connectivity index (χ2v) is 3.23. The zero-order chi connectivity index (χ0) is 11.0. The lowest BCUT2D eigenvalue weighted by Crippen LogP contribution is -2.42. The molecule has 0 aliphatic carbocycles. The first-order valence-corrected chi connectivity index (χ1v) is 4.80. The molecule has 82 valence electrons. The van der Waals surface area contributed by atoms with Crippen LogP contribution in [0.3, 0.4) is 0 Å². The molecule has 3 N–H and O–H groups in total. The fraction of sp³-hybridized carbons (Fsp3) is 0.778. The van der Waals surface area contributed by atoms with Gasteiger partial charge in [-0.3, -0.25) is 4.79 Å². The van der Waals surface area contributed by atoms with Crippen LogP contribution in [0.5, 0.6) is 0 Å². The van der Waals surface area contributed by atoms with Gasteiger partial charge in [-0.25, -0.2) is 4.79 Å². The molecule has 14 heavy (non-hydrogen) atoms. The van der Waals surface area contributed by atoms with Crippen molar-refractivity contribution in [2.75, 3.05) is 6.54 Å². The summed E-state index contributed by atoms with van der Waals surface area (Å²) in [5.74, 6) is -0.140. The molecular formula is C9H18N2O3. The standard InChI is InChI=1S/C9H18N2O3/c1-3-4-5-8(11-9(13)14)6-10-7(2)12/h8,11H,3-6H2,1-2H3,(H,10,12)(H,13,14). The van der Waals surface area contributed by atoms with E-state index in [9.17, 15) is 9.59 Å². The summed E-state index contributed by atoms with van der Waals surface area (Å²) in [6, 6.07) is -0.184. The summed E-state index contributed by atoms with van der Waals surface area (Å²) in [4.78, 5) is 21.0. The molecule has 0 aromatic carbocycles. The quantitative estimate of drug-likeness (QED) is 0.600. The highest BCUT2D eigenvalue weighted by molar-refractivity contribution is 5.73. The normalized spacial score (nSPS) is 11.9. The van der Waals surface area contributed by atoms with Gasteiger partial charge in [0.1, 0.15) is 0 Å².